The van der Waals surface area contributed by atoms with Crippen molar-refractivity contribution in [1.29, 1.82) is 0 Å². The van der Waals surface area contributed by atoms with Gasteiger partial charge in [0.15, 0.2) is 12.6 Å². The van der Waals surface area contributed by atoms with Crippen LogP contribution in [0.5, 0.6) is 23.0 Å². The number of amides is 4. The fourth-order valence-electron chi connectivity index (χ4n) is 13.6. The molecular weight excluding hydrogens is 1390 g/mol. The minimum absolute atomic E-state index is 0.0224. The Hall–Kier alpha value is -8.46. The molecule has 0 radical (unpaired) electrons. The van der Waals surface area contributed by atoms with Gasteiger partial charge in [-0.3, -0.25) is 19.2 Å². The summed E-state index contributed by atoms with van der Waals surface area (Å²) in [6.45, 7) is -0.619. The summed E-state index contributed by atoms with van der Waals surface area (Å²) >= 11 is 0. The van der Waals surface area contributed by atoms with Gasteiger partial charge in [-0.25, -0.2) is 9.97 Å². The van der Waals surface area contributed by atoms with Crippen molar-refractivity contribution < 1.29 is 123 Å². The number of aromatic nitrogens is 2. The first-order chi connectivity index (χ1) is 51.5. The van der Waals surface area contributed by atoms with Gasteiger partial charge in [0.25, 0.3) is 23.6 Å². The van der Waals surface area contributed by atoms with Gasteiger partial charge in [0.1, 0.15) is 171 Å². The Kier molecular flexibility index (Phi) is 27.0. The Balaban J connectivity index is 0.828. The van der Waals surface area contributed by atoms with E-state index in [1.54, 1.807) is 109 Å². The van der Waals surface area contributed by atoms with Crippen LogP contribution < -0.4 is 40.2 Å². The standard InChI is InChI=1S/C74H90N6O26/c1-85-39-73-65(95-11)59(89-5)55(103-73)37-99-47-31-23-43(24-32-47)77-69(83)51-17-14-18-52(80-51)70(84)78-44-25-33-48(34-26-44)100-38-56-60(90-6)66(96-12)74(104-56,40-86-2)106-72-64(94-10)62(92-8)58(88-4)54(102-72)36-98-46-29-21-42(22-30-46)76-68(82)50-16-13-15-49(79-50)67(81)75-41-19-27-45(28-20-41)97-35-53-57(87-3)61(91-7)63(93-9)71(101-53)105-73/h13-34,53-66,71-72H,35-40H2,1-12H3,(H,75,81)(H,76,82)(H,77,83)(H,78,84)/t53-,54-,55-,56-,57-,58-,59-,60-,61+,62+,63-,64-,65+,66+,71-,72-,73+,74+/m1/s1. The Morgan fingerprint density at radius 2 is 0.585 bits per heavy atom. The van der Waals surface area contributed by atoms with Crippen LogP contribution in [0.1, 0.15) is 42.0 Å². The number of nitrogens with one attached hydrogen (secondary N) is 4. The molecule has 17 rings (SSSR count). The van der Waals surface area contributed by atoms with Crippen molar-refractivity contribution in [2.45, 2.75) is 110 Å². The van der Waals surface area contributed by atoms with Gasteiger partial charge in [0, 0.05) is 108 Å². The second-order valence-corrected chi connectivity index (χ2v) is 25.0. The molecule has 4 fully saturated rings. The highest BCUT2D eigenvalue weighted by atomic mass is 16.8. The number of hydrogen-bond donors (Lipinski definition) is 4. The highest BCUT2D eigenvalue weighted by molar-refractivity contribution is 6.07. The van der Waals surface area contributed by atoms with Crippen LogP contribution >= 0.6 is 0 Å². The number of benzene rings is 4. The highest BCUT2D eigenvalue weighted by Gasteiger charge is 2.63. The second kappa shape index (κ2) is 36.4. The molecule has 4 saturated heterocycles. The topological polar surface area (TPSA) is 345 Å². The molecule has 11 aliphatic rings. The van der Waals surface area contributed by atoms with Crippen LogP contribution in [0.2, 0.25) is 0 Å². The van der Waals surface area contributed by atoms with Crippen molar-refractivity contribution in [2.75, 3.05) is 146 Å². The van der Waals surface area contributed by atoms with Crippen LogP contribution in [0, 0.1) is 0 Å². The average Bonchev–Trinajstić information content (AvgIpc) is 1.57. The van der Waals surface area contributed by atoms with Crippen LogP contribution in [-0.4, -0.2) is 268 Å². The first kappa shape index (κ1) is 78.6. The molecule has 20 bridgehead atoms. The van der Waals surface area contributed by atoms with Gasteiger partial charge >= 0.3 is 0 Å². The van der Waals surface area contributed by atoms with Crippen molar-refractivity contribution in [3.8, 4) is 23.0 Å². The molecular formula is C74H90N6O26. The second-order valence-electron chi connectivity index (χ2n) is 25.0. The van der Waals surface area contributed by atoms with Crippen LogP contribution in [0.25, 0.3) is 0 Å². The summed E-state index contributed by atoms with van der Waals surface area (Å²) in [5, 5.41) is 11.3. The first-order valence-electron chi connectivity index (χ1n) is 33.9. The minimum atomic E-state index is -1.69. The smallest absolute Gasteiger partial charge is 0.274 e. The lowest BCUT2D eigenvalue weighted by molar-refractivity contribution is -0.389. The molecule has 11 aliphatic heterocycles. The largest absolute Gasteiger partial charge is 0.491 e. The third-order valence-corrected chi connectivity index (χ3v) is 18.6. The van der Waals surface area contributed by atoms with E-state index in [-0.39, 0.29) is 62.4 Å². The normalized spacial score (nSPS) is 30.6. The lowest BCUT2D eigenvalue weighted by Gasteiger charge is -2.47. The van der Waals surface area contributed by atoms with E-state index in [0.29, 0.717) is 45.7 Å². The molecule has 0 aliphatic carbocycles. The minimum Gasteiger partial charge on any atom is -0.491 e. The number of anilines is 4. The molecule has 106 heavy (non-hydrogen) atoms. The molecule has 4 aromatic carbocycles. The van der Waals surface area contributed by atoms with Crippen LogP contribution in [0.4, 0.5) is 22.7 Å². The van der Waals surface area contributed by atoms with Crippen LogP contribution in [0.15, 0.2) is 133 Å². The Labute approximate surface area is 612 Å². The summed E-state index contributed by atoms with van der Waals surface area (Å²) < 4.78 is 137. The molecule has 32 heteroatoms. The maximum absolute atomic E-state index is 13.7. The first-order valence-corrected chi connectivity index (χ1v) is 33.9. The summed E-state index contributed by atoms with van der Waals surface area (Å²) in [4.78, 5) is 63.5. The monoisotopic (exact) mass is 1480 g/mol. The molecule has 13 heterocycles. The lowest BCUT2D eigenvalue weighted by atomic mass is 9.98. The maximum Gasteiger partial charge on any atom is 0.274 e. The number of ether oxygens (including phenoxy) is 22. The van der Waals surface area contributed by atoms with Gasteiger partial charge in [-0.2, -0.15) is 0 Å². The number of rotatable bonds is 14. The Bertz CT molecular complexity index is 3610. The summed E-state index contributed by atoms with van der Waals surface area (Å²) in [5.41, 5.74) is 1.53. The summed E-state index contributed by atoms with van der Waals surface area (Å²) in [6, 6.07) is 35.4. The van der Waals surface area contributed by atoms with Gasteiger partial charge < -0.3 is 125 Å². The molecule has 4 N–H and O–H groups in total. The van der Waals surface area contributed by atoms with E-state index >= 15 is 0 Å². The number of nitrogens with zero attached hydrogens (tertiary/aromatic N) is 2. The predicted molar refractivity (Wildman–Crippen MR) is 374 cm³/mol. The fourth-order valence-corrected chi connectivity index (χ4v) is 13.6. The molecule has 0 unspecified atom stereocenters. The molecule has 6 aromatic rings. The summed E-state index contributed by atoms with van der Waals surface area (Å²) in [5.74, 6) is -4.04. The van der Waals surface area contributed by atoms with E-state index in [2.05, 4.69) is 31.2 Å². The highest BCUT2D eigenvalue weighted by Crippen LogP contribution is 2.43. The average molecular weight is 1480 g/mol. The Morgan fingerprint density at radius 3 is 0.830 bits per heavy atom. The van der Waals surface area contributed by atoms with E-state index < -0.39 is 133 Å². The Morgan fingerprint density at radius 1 is 0.321 bits per heavy atom. The quantitative estimate of drug-likeness (QED) is 0.0996. The van der Waals surface area contributed by atoms with Crippen molar-refractivity contribution in [2.24, 2.45) is 0 Å². The molecule has 0 saturated carbocycles. The van der Waals surface area contributed by atoms with E-state index in [4.69, 9.17) is 104 Å². The SMILES string of the molecule is COC[C@@]12O[C@H]3O[C@H](COc4ccc(cc4)NC(=O)c4cccc(n4)C(=O)Nc4ccc(cc4)OC[C@H]4O[C@H](O[C@]5(COC)O[C@H](COc6ccc(cc6)NC(=O)c6cccc(n6)C(=O)Nc6ccc(cc6)OC[C@@H](O1)[C@@H](OC)[C@@H]2OC)[C@@H](OC)[C@@H]5OC)[C@H](OC)[C@@H](OC)[C@@H]4OC)[C@@H](OC)[C@H](OC)[C@H]3OC. The fraction of sp³-hybridized carbons (Fsp3) is 0.486. The third-order valence-electron chi connectivity index (χ3n) is 18.6. The zero-order valence-corrected chi connectivity index (χ0v) is 60.7. The molecule has 32 nitrogen and oxygen atoms in total. The zero-order chi connectivity index (χ0) is 75.1. The number of carbonyl (C=O) groups is 4. The number of methoxy groups -OCH3 is 12. The van der Waals surface area contributed by atoms with Crippen LogP contribution in [-0.2, 0) is 85.3 Å². The molecule has 4 amide bonds. The number of pyridine rings is 2. The predicted octanol–water partition coefficient (Wildman–Crippen LogP) is 5.83. The van der Waals surface area contributed by atoms with E-state index in [1.807, 2.05) is 0 Å². The summed E-state index contributed by atoms with van der Waals surface area (Å²) in [6.07, 6.45) is -14.0. The van der Waals surface area contributed by atoms with Crippen LogP contribution in [0.3, 0.4) is 0 Å². The molecule has 2 aromatic heterocycles. The van der Waals surface area contributed by atoms with Crippen molar-refractivity contribution >= 4 is 46.4 Å². The van der Waals surface area contributed by atoms with E-state index in [1.165, 1.54) is 110 Å². The maximum atomic E-state index is 13.7. The zero-order valence-electron chi connectivity index (χ0n) is 60.7. The molecule has 0 spiro atoms. The van der Waals surface area contributed by atoms with Gasteiger partial charge in [-0.05, 0) is 121 Å². The summed E-state index contributed by atoms with van der Waals surface area (Å²) in [7, 11) is 18.0. The number of hydrogen-bond acceptors (Lipinski definition) is 28. The molecule has 18 atom stereocenters. The van der Waals surface area contributed by atoms with Crippen molar-refractivity contribution in [1.82, 2.24) is 9.97 Å². The van der Waals surface area contributed by atoms with E-state index in [0.717, 1.165) is 0 Å². The lowest BCUT2D eigenvalue weighted by Crippen LogP contribution is -2.64. The van der Waals surface area contributed by atoms with Gasteiger partial charge in [0.05, 0.1) is 0 Å². The number of carbonyl (C=O) groups excluding carboxylic acids is 4. The van der Waals surface area contributed by atoms with E-state index in [9.17, 15) is 19.2 Å². The van der Waals surface area contributed by atoms with Gasteiger partial charge in [0.2, 0.25) is 11.6 Å². The van der Waals surface area contributed by atoms with Gasteiger partial charge in [-0.1, -0.05) is 12.1 Å². The van der Waals surface area contributed by atoms with Crippen molar-refractivity contribution in [3.63, 3.8) is 0 Å². The molecule has 572 valence electrons. The third kappa shape index (κ3) is 17.7. The van der Waals surface area contributed by atoms with Gasteiger partial charge in [-0.15, -0.1) is 0 Å². The van der Waals surface area contributed by atoms with Crippen molar-refractivity contribution in [3.05, 3.63) is 156 Å².